The van der Waals surface area contributed by atoms with Crippen molar-refractivity contribution in [2.24, 2.45) is 0 Å². The van der Waals surface area contributed by atoms with Crippen molar-refractivity contribution in [2.75, 3.05) is 5.32 Å². The first kappa shape index (κ1) is 18.8. The average molecular weight is 403 g/mol. The normalized spacial score (nSPS) is 10.6. The lowest BCUT2D eigenvalue weighted by Gasteiger charge is -2.11. The van der Waals surface area contributed by atoms with Crippen LogP contribution in [0.3, 0.4) is 0 Å². The zero-order valence-corrected chi connectivity index (χ0v) is 16.0. The van der Waals surface area contributed by atoms with E-state index in [0.29, 0.717) is 33.0 Å². The lowest BCUT2D eigenvalue weighted by atomic mass is 9.98. The Morgan fingerprint density at radius 3 is 2.41 bits per heavy atom. The minimum absolute atomic E-state index is 0.294. The lowest BCUT2D eigenvalue weighted by molar-refractivity contribution is 0.102. The smallest absolute Gasteiger partial charge is 0.255 e. The van der Waals surface area contributed by atoms with Crippen LogP contribution in [-0.2, 0) is 0 Å². The zero-order chi connectivity index (χ0) is 20.2. The van der Waals surface area contributed by atoms with E-state index in [4.69, 9.17) is 11.6 Å². The molecule has 0 unspecified atom stereocenters. The summed E-state index contributed by atoms with van der Waals surface area (Å²) >= 11 is 6.34. The highest BCUT2D eigenvalue weighted by molar-refractivity contribution is 6.33. The van der Waals surface area contributed by atoms with Gasteiger partial charge in [-0.25, -0.2) is 4.39 Å². The van der Waals surface area contributed by atoms with E-state index < -0.39 is 0 Å². The third kappa shape index (κ3) is 4.18. The number of nitrogens with zero attached hydrogens (tertiary/aromatic N) is 1. The van der Waals surface area contributed by atoms with E-state index >= 15 is 0 Å². The third-order valence-electron chi connectivity index (χ3n) is 4.51. The van der Waals surface area contributed by atoms with Crippen LogP contribution in [0.15, 0.2) is 91.3 Å². The number of anilines is 1. The summed E-state index contributed by atoms with van der Waals surface area (Å²) in [7, 11) is 0. The second-order valence-corrected chi connectivity index (χ2v) is 6.86. The number of hydrogen-bond acceptors (Lipinski definition) is 2. The third-order valence-corrected chi connectivity index (χ3v) is 4.84. The molecule has 3 aromatic carbocycles. The van der Waals surface area contributed by atoms with Crippen molar-refractivity contribution in [3.63, 3.8) is 0 Å². The number of carbonyl (C=O) groups is 1. The van der Waals surface area contributed by atoms with Gasteiger partial charge in [0.05, 0.1) is 11.9 Å². The van der Waals surface area contributed by atoms with Crippen LogP contribution in [0.2, 0.25) is 5.02 Å². The SMILES string of the molecule is O=C(Nc1cccnc1)c1ccc(Cl)c(-c2ccc(-c3ccccc3)c(F)c2)c1. The molecule has 0 bridgehead atoms. The maximum atomic E-state index is 14.8. The molecule has 0 spiro atoms. The second-order valence-electron chi connectivity index (χ2n) is 6.45. The molecule has 0 saturated carbocycles. The topological polar surface area (TPSA) is 42.0 Å². The summed E-state index contributed by atoms with van der Waals surface area (Å²) < 4.78 is 14.8. The molecule has 0 fully saturated rings. The monoisotopic (exact) mass is 402 g/mol. The Hall–Kier alpha value is -3.50. The molecule has 29 heavy (non-hydrogen) atoms. The summed E-state index contributed by atoms with van der Waals surface area (Å²) in [6.45, 7) is 0. The molecule has 5 heteroatoms. The fourth-order valence-corrected chi connectivity index (χ4v) is 3.29. The highest BCUT2D eigenvalue weighted by atomic mass is 35.5. The standard InChI is InChI=1S/C24H16ClFN2O/c25-22-11-9-18(24(29)28-19-7-4-12-27-15-19)13-21(22)17-8-10-20(23(26)14-17)16-5-2-1-3-6-16/h1-15H,(H,28,29). The molecule has 0 radical (unpaired) electrons. The van der Waals surface area contributed by atoms with Crippen LogP contribution in [0.4, 0.5) is 10.1 Å². The van der Waals surface area contributed by atoms with E-state index in [0.717, 1.165) is 5.56 Å². The second kappa shape index (κ2) is 8.25. The van der Waals surface area contributed by atoms with Gasteiger partial charge in [-0.2, -0.15) is 0 Å². The van der Waals surface area contributed by atoms with E-state index in [2.05, 4.69) is 10.3 Å². The molecule has 4 rings (SSSR count). The number of rotatable bonds is 4. The van der Waals surface area contributed by atoms with Gasteiger partial charge in [0.2, 0.25) is 0 Å². The van der Waals surface area contributed by atoms with Crippen LogP contribution >= 0.6 is 11.6 Å². The molecule has 0 aliphatic heterocycles. The number of halogens is 2. The minimum Gasteiger partial charge on any atom is -0.321 e. The summed E-state index contributed by atoms with van der Waals surface area (Å²) in [6, 6.07) is 22.7. The molecular formula is C24H16ClFN2O. The number of amides is 1. The maximum absolute atomic E-state index is 14.8. The van der Waals surface area contributed by atoms with Crippen molar-refractivity contribution in [1.29, 1.82) is 0 Å². The number of nitrogens with one attached hydrogen (secondary N) is 1. The molecule has 1 N–H and O–H groups in total. The van der Waals surface area contributed by atoms with Crippen molar-refractivity contribution >= 4 is 23.2 Å². The van der Waals surface area contributed by atoms with Crippen LogP contribution in [0.5, 0.6) is 0 Å². The molecule has 1 heterocycles. The maximum Gasteiger partial charge on any atom is 0.255 e. The van der Waals surface area contributed by atoms with Crippen LogP contribution in [0.25, 0.3) is 22.3 Å². The molecule has 0 saturated heterocycles. The van der Waals surface area contributed by atoms with Gasteiger partial charge in [0.1, 0.15) is 5.82 Å². The Morgan fingerprint density at radius 1 is 0.862 bits per heavy atom. The molecule has 0 aliphatic carbocycles. The largest absolute Gasteiger partial charge is 0.321 e. The molecule has 1 aromatic heterocycles. The number of aromatic nitrogens is 1. The van der Waals surface area contributed by atoms with Crippen molar-refractivity contribution in [3.05, 3.63) is 108 Å². The van der Waals surface area contributed by atoms with Gasteiger partial charge in [-0.15, -0.1) is 0 Å². The Morgan fingerprint density at radius 2 is 1.69 bits per heavy atom. The first-order chi connectivity index (χ1) is 14.1. The Balaban J connectivity index is 1.66. The fourth-order valence-electron chi connectivity index (χ4n) is 3.06. The predicted octanol–water partition coefficient (Wildman–Crippen LogP) is 6.46. The highest BCUT2D eigenvalue weighted by Gasteiger charge is 2.13. The van der Waals surface area contributed by atoms with Gasteiger partial charge in [0.25, 0.3) is 5.91 Å². The number of benzene rings is 3. The minimum atomic E-state index is -0.352. The van der Waals surface area contributed by atoms with Crippen molar-refractivity contribution in [1.82, 2.24) is 4.98 Å². The van der Waals surface area contributed by atoms with Crippen LogP contribution in [0, 0.1) is 5.82 Å². The van der Waals surface area contributed by atoms with Crippen molar-refractivity contribution in [2.45, 2.75) is 0 Å². The molecule has 3 nitrogen and oxygen atoms in total. The quantitative estimate of drug-likeness (QED) is 0.425. The lowest BCUT2D eigenvalue weighted by Crippen LogP contribution is -2.12. The molecule has 1 amide bonds. The van der Waals surface area contributed by atoms with Gasteiger partial charge in [-0.3, -0.25) is 9.78 Å². The summed E-state index contributed by atoms with van der Waals surface area (Å²) in [5.41, 5.74) is 3.50. The van der Waals surface area contributed by atoms with Crippen LogP contribution in [-0.4, -0.2) is 10.9 Å². The predicted molar refractivity (Wildman–Crippen MR) is 114 cm³/mol. The van der Waals surface area contributed by atoms with Gasteiger partial charge in [0.15, 0.2) is 0 Å². The average Bonchev–Trinajstić information content (AvgIpc) is 2.75. The molecular weight excluding hydrogens is 387 g/mol. The van der Waals surface area contributed by atoms with Crippen molar-refractivity contribution in [3.8, 4) is 22.3 Å². The van der Waals surface area contributed by atoms with Gasteiger partial charge in [-0.1, -0.05) is 54.1 Å². The summed E-state index contributed by atoms with van der Waals surface area (Å²) in [5.74, 6) is -0.646. The summed E-state index contributed by atoms with van der Waals surface area (Å²) in [4.78, 5) is 16.5. The van der Waals surface area contributed by atoms with E-state index in [1.807, 2.05) is 30.3 Å². The van der Waals surface area contributed by atoms with E-state index in [1.54, 1.807) is 54.9 Å². The highest BCUT2D eigenvalue weighted by Crippen LogP contribution is 2.32. The summed E-state index contributed by atoms with van der Waals surface area (Å²) in [5, 5.41) is 3.22. The number of pyridine rings is 1. The Labute approximate surface area is 172 Å². The zero-order valence-electron chi connectivity index (χ0n) is 15.3. The van der Waals surface area contributed by atoms with E-state index in [1.165, 1.54) is 6.07 Å². The van der Waals surface area contributed by atoms with E-state index in [-0.39, 0.29) is 11.7 Å². The van der Waals surface area contributed by atoms with Gasteiger partial charge < -0.3 is 5.32 Å². The van der Waals surface area contributed by atoms with E-state index in [9.17, 15) is 9.18 Å². The molecule has 142 valence electrons. The molecule has 0 aliphatic rings. The Bertz CT molecular complexity index is 1160. The summed E-state index contributed by atoms with van der Waals surface area (Å²) in [6.07, 6.45) is 3.19. The van der Waals surface area contributed by atoms with Crippen LogP contribution in [0.1, 0.15) is 10.4 Å². The molecule has 0 atom stereocenters. The first-order valence-electron chi connectivity index (χ1n) is 8.98. The van der Waals surface area contributed by atoms with Gasteiger partial charge in [-0.05, 0) is 47.5 Å². The van der Waals surface area contributed by atoms with Crippen molar-refractivity contribution < 1.29 is 9.18 Å². The fraction of sp³-hybridized carbons (Fsp3) is 0. The van der Waals surface area contributed by atoms with Gasteiger partial charge in [0, 0.05) is 27.9 Å². The number of carbonyl (C=O) groups excluding carboxylic acids is 1. The van der Waals surface area contributed by atoms with Crippen LogP contribution < -0.4 is 5.32 Å². The molecule has 4 aromatic rings. The van der Waals surface area contributed by atoms with Gasteiger partial charge >= 0.3 is 0 Å². The Kier molecular flexibility index (Phi) is 5.36. The number of hydrogen-bond donors (Lipinski definition) is 1. The first-order valence-corrected chi connectivity index (χ1v) is 9.36.